The monoisotopic (exact) mass is 193 g/mol. The van der Waals surface area contributed by atoms with Crippen molar-refractivity contribution in [1.82, 2.24) is 0 Å². The highest BCUT2D eigenvalue weighted by Gasteiger charge is 2.04. The van der Waals surface area contributed by atoms with Crippen molar-refractivity contribution in [2.45, 2.75) is 39.2 Å². The van der Waals surface area contributed by atoms with E-state index in [4.69, 9.17) is 5.73 Å². The summed E-state index contributed by atoms with van der Waals surface area (Å²) >= 11 is 0. The van der Waals surface area contributed by atoms with E-state index in [2.05, 4.69) is 0 Å². The van der Waals surface area contributed by atoms with E-state index in [9.17, 15) is 5.11 Å². The molecule has 0 heterocycles. The minimum Gasteiger partial charge on any atom is -0.508 e. The molecule has 1 unspecified atom stereocenters. The maximum Gasteiger partial charge on any atom is 0.119 e. The van der Waals surface area contributed by atoms with Crippen LogP contribution in [0.4, 0.5) is 0 Å². The van der Waals surface area contributed by atoms with Crippen LogP contribution in [0.25, 0.3) is 0 Å². The predicted molar refractivity (Wildman–Crippen MR) is 59.4 cm³/mol. The van der Waals surface area contributed by atoms with E-state index in [1.807, 2.05) is 26.0 Å². The van der Waals surface area contributed by atoms with E-state index in [0.717, 1.165) is 30.4 Å². The lowest BCUT2D eigenvalue weighted by Gasteiger charge is -2.09. The predicted octanol–water partition coefficient (Wildman–Crippen LogP) is 2.37. The Morgan fingerprint density at radius 1 is 1.43 bits per heavy atom. The van der Waals surface area contributed by atoms with Gasteiger partial charge in [-0.1, -0.05) is 12.1 Å². The summed E-state index contributed by atoms with van der Waals surface area (Å²) in [6.07, 6.45) is 2.96. The Morgan fingerprint density at radius 3 is 2.71 bits per heavy atom. The van der Waals surface area contributed by atoms with Crippen LogP contribution in [0.2, 0.25) is 0 Å². The zero-order valence-corrected chi connectivity index (χ0v) is 8.96. The number of aromatic hydroxyl groups is 1. The molecule has 3 N–H and O–H groups in total. The van der Waals surface area contributed by atoms with Gasteiger partial charge < -0.3 is 10.8 Å². The minimum absolute atomic E-state index is 0.251. The van der Waals surface area contributed by atoms with Gasteiger partial charge in [-0.05, 0) is 50.3 Å². The molecule has 78 valence electrons. The van der Waals surface area contributed by atoms with E-state index in [1.165, 1.54) is 0 Å². The van der Waals surface area contributed by atoms with Crippen LogP contribution in [-0.2, 0) is 6.42 Å². The van der Waals surface area contributed by atoms with Gasteiger partial charge in [-0.25, -0.2) is 0 Å². The third-order valence-electron chi connectivity index (χ3n) is 2.47. The van der Waals surface area contributed by atoms with E-state index < -0.39 is 0 Å². The molecule has 1 aromatic carbocycles. The third-order valence-corrected chi connectivity index (χ3v) is 2.47. The number of nitrogens with two attached hydrogens (primary N) is 1. The molecule has 0 saturated heterocycles. The van der Waals surface area contributed by atoms with E-state index in [1.54, 1.807) is 6.07 Å². The Morgan fingerprint density at radius 2 is 2.14 bits per heavy atom. The molecule has 0 fully saturated rings. The van der Waals surface area contributed by atoms with Gasteiger partial charge in [0.1, 0.15) is 5.75 Å². The van der Waals surface area contributed by atoms with Gasteiger partial charge >= 0.3 is 0 Å². The van der Waals surface area contributed by atoms with Crippen LogP contribution in [0.5, 0.6) is 5.75 Å². The first-order chi connectivity index (χ1) is 6.61. The highest BCUT2D eigenvalue weighted by atomic mass is 16.3. The van der Waals surface area contributed by atoms with Gasteiger partial charge in [0.15, 0.2) is 0 Å². The smallest absolute Gasteiger partial charge is 0.119 e. The lowest BCUT2D eigenvalue weighted by molar-refractivity contribution is 0.465. The van der Waals surface area contributed by atoms with Crippen molar-refractivity contribution in [3.05, 3.63) is 29.3 Å². The second-order valence-electron chi connectivity index (χ2n) is 3.94. The SMILES string of the molecule is Cc1cccc(O)c1CCCC(C)N. The first-order valence-corrected chi connectivity index (χ1v) is 5.14. The van der Waals surface area contributed by atoms with E-state index in [0.29, 0.717) is 5.75 Å². The molecule has 0 aromatic heterocycles. The fourth-order valence-electron chi connectivity index (χ4n) is 1.61. The summed E-state index contributed by atoms with van der Waals surface area (Å²) in [5.74, 6) is 0.412. The fraction of sp³-hybridized carbons (Fsp3) is 0.500. The molecule has 2 heteroatoms. The second-order valence-corrected chi connectivity index (χ2v) is 3.94. The Kier molecular flexibility index (Phi) is 3.96. The summed E-state index contributed by atoms with van der Waals surface area (Å²) < 4.78 is 0. The first kappa shape index (κ1) is 11.1. The number of phenolic OH excluding ortho intramolecular Hbond substituents is 1. The van der Waals surface area contributed by atoms with Crippen LogP contribution in [-0.4, -0.2) is 11.1 Å². The molecule has 0 aliphatic carbocycles. The lowest BCUT2D eigenvalue weighted by Crippen LogP contribution is -2.14. The van der Waals surface area contributed by atoms with Crippen molar-refractivity contribution in [2.24, 2.45) is 5.73 Å². The molecule has 0 aliphatic rings. The quantitative estimate of drug-likeness (QED) is 0.771. The van der Waals surface area contributed by atoms with Gasteiger partial charge in [0.05, 0.1) is 0 Å². The van der Waals surface area contributed by atoms with Crippen LogP contribution >= 0.6 is 0 Å². The number of aryl methyl sites for hydroxylation is 1. The number of rotatable bonds is 4. The maximum atomic E-state index is 9.63. The van der Waals surface area contributed by atoms with Gasteiger partial charge in [0.2, 0.25) is 0 Å². The molecule has 1 rings (SSSR count). The number of hydrogen-bond donors (Lipinski definition) is 2. The molecule has 14 heavy (non-hydrogen) atoms. The first-order valence-electron chi connectivity index (χ1n) is 5.14. The Balaban J connectivity index is 2.58. The van der Waals surface area contributed by atoms with Crippen LogP contribution in [0.3, 0.4) is 0 Å². The van der Waals surface area contributed by atoms with Crippen LogP contribution in [0, 0.1) is 6.92 Å². The maximum absolute atomic E-state index is 9.63. The molecule has 1 atom stereocenters. The van der Waals surface area contributed by atoms with Crippen molar-refractivity contribution >= 4 is 0 Å². The Labute approximate surface area is 85.8 Å². The average molecular weight is 193 g/mol. The van der Waals surface area contributed by atoms with Gasteiger partial charge in [0, 0.05) is 6.04 Å². The molecular weight excluding hydrogens is 174 g/mol. The van der Waals surface area contributed by atoms with Crippen molar-refractivity contribution in [1.29, 1.82) is 0 Å². The molecule has 0 saturated carbocycles. The van der Waals surface area contributed by atoms with Crippen molar-refractivity contribution < 1.29 is 5.11 Å². The number of phenols is 1. The Hall–Kier alpha value is -1.02. The highest BCUT2D eigenvalue weighted by molar-refractivity contribution is 5.38. The summed E-state index contributed by atoms with van der Waals surface area (Å²) in [6, 6.07) is 5.90. The standard InChI is InChI=1S/C12H19NO/c1-9-5-3-8-12(14)11(9)7-4-6-10(2)13/h3,5,8,10,14H,4,6-7,13H2,1-2H3. The molecule has 0 amide bonds. The molecule has 0 bridgehead atoms. The zero-order valence-electron chi connectivity index (χ0n) is 8.96. The zero-order chi connectivity index (χ0) is 10.6. The van der Waals surface area contributed by atoms with Gasteiger partial charge in [-0.3, -0.25) is 0 Å². The van der Waals surface area contributed by atoms with Crippen LogP contribution in [0.15, 0.2) is 18.2 Å². The molecule has 1 aromatic rings. The summed E-state index contributed by atoms with van der Waals surface area (Å²) in [7, 11) is 0. The van der Waals surface area contributed by atoms with Gasteiger partial charge in [-0.2, -0.15) is 0 Å². The summed E-state index contributed by atoms with van der Waals surface area (Å²) in [4.78, 5) is 0. The largest absolute Gasteiger partial charge is 0.508 e. The van der Waals surface area contributed by atoms with Gasteiger partial charge in [0.25, 0.3) is 0 Å². The minimum atomic E-state index is 0.251. The van der Waals surface area contributed by atoms with Crippen molar-refractivity contribution in [3.8, 4) is 5.75 Å². The average Bonchev–Trinajstić information content (AvgIpc) is 2.09. The molecule has 2 nitrogen and oxygen atoms in total. The topological polar surface area (TPSA) is 46.2 Å². The summed E-state index contributed by atoms with van der Waals surface area (Å²) in [6.45, 7) is 4.04. The summed E-state index contributed by atoms with van der Waals surface area (Å²) in [5.41, 5.74) is 7.89. The summed E-state index contributed by atoms with van der Waals surface area (Å²) in [5, 5.41) is 9.63. The van der Waals surface area contributed by atoms with Crippen molar-refractivity contribution in [3.63, 3.8) is 0 Å². The number of hydrogen-bond acceptors (Lipinski definition) is 2. The van der Waals surface area contributed by atoms with Crippen LogP contribution < -0.4 is 5.73 Å². The Bertz CT molecular complexity index is 274. The highest BCUT2D eigenvalue weighted by Crippen LogP contribution is 2.22. The molecular formula is C12H19NO. The molecule has 0 radical (unpaired) electrons. The normalized spacial score (nSPS) is 12.8. The molecule has 0 spiro atoms. The lowest BCUT2D eigenvalue weighted by atomic mass is 10.0. The number of benzene rings is 1. The van der Waals surface area contributed by atoms with E-state index >= 15 is 0 Å². The van der Waals surface area contributed by atoms with Crippen LogP contribution in [0.1, 0.15) is 30.9 Å². The molecule has 0 aliphatic heterocycles. The van der Waals surface area contributed by atoms with Gasteiger partial charge in [-0.15, -0.1) is 0 Å². The third kappa shape index (κ3) is 3.04. The fourth-order valence-corrected chi connectivity index (χ4v) is 1.61. The van der Waals surface area contributed by atoms with E-state index in [-0.39, 0.29) is 6.04 Å². The van der Waals surface area contributed by atoms with Crippen molar-refractivity contribution in [2.75, 3.05) is 0 Å². The second kappa shape index (κ2) is 5.01.